The first-order chi connectivity index (χ1) is 8.44. The summed E-state index contributed by atoms with van der Waals surface area (Å²) < 4.78 is 0. The molecule has 0 bridgehead atoms. The van der Waals surface area contributed by atoms with E-state index in [9.17, 15) is 0 Å². The molecule has 1 aliphatic heterocycles. The van der Waals surface area contributed by atoms with E-state index >= 15 is 0 Å². The van der Waals surface area contributed by atoms with Gasteiger partial charge < -0.3 is 10.6 Å². The molecule has 1 fully saturated rings. The molecule has 100 valence electrons. The highest BCUT2D eigenvalue weighted by Crippen LogP contribution is 2.19. The van der Waals surface area contributed by atoms with Gasteiger partial charge in [0.25, 0.3) is 0 Å². The molecule has 0 radical (unpaired) electrons. The van der Waals surface area contributed by atoms with Crippen LogP contribution < -0.4 is 5.73 Å². The van der Waals surface area contributed by atoms with Gasteiger partial charge in [-0.15, -0.1) is 0 Å². The molecule has 18 heavy (non-hydrogen) atoms. The molecule has 0 unspecified atom stereocenters. The van der Waals surface area contributed by atoms with Crippen LogP contribution in [0.4, 0.5) is 0 Å². The molecule has 0 aromatic heterocycles. The Morgan fingerprint density at radius 3 is 2.22 bits per heavy atom. The smallest absolute Gasteiger partial charge is 0.0150 e. The molecule has 0 amide bonds. The van der Waals surface area contributed by atoms with Gasteiger partial charge in [0.1, 0.15) is 0 Å². The summed E-state index contributed by atoms with van der Waals surface area (Å²) >= 11 is 0. The average Bonchev–Trinajstić information content (AvgIpc) is 2.26. The van der Waals surface area contributed by atoms with Crippen molar-refractivity contribution < 1.29 is 0 Å². The van der Waals surface area contributed by atoms with E-state index in [0.29, 0.717) is 0 Å². The summed E-state index contributed by atoms with van der Waals surface area (Å²) in [6, 6.07) is 6.86. The van der Waals surface area contributed by atoms with Crippen molar-refractivity contribution in [2.45, 2.75) is 45.6 Å². The largest absolute Gasteiger partial charge is 0.325 e. The maximum atomic E-state index is 6.16. The van der Waals surface area contributed by atoms with E-state index in [1.54, 1.807) is 0 Å². The molecule has 0 atom stereocenters. The lowest BCUT2D eigenvalue weighted by molar-refractivity contribution is 0.173. The number of hydrogen-bond donors (Lipinski definition) is 1. The number of nitrogens with two attached hydrogens (primary N) is 1. The number of benzene rings is 1. The quantitative estimate of drug-likeness (QED) is 0.888. The third kappa shape index (κ3) is 3.82. The van der Waals surface area contributed by atoms with Crippen LogP contribution >= 0.6 is 0 Å². The minimum absolute atomic E-state index is 0.0659. The summed E-state index contributed by atoms with van der Waals surface area (Å²) in [6.07, 6.45) is 3.41. The highest BCUT2D eigenvalue weighted by molar-refractivity contribution is 5.28. The molecule has 0 aliphatic carbocycles. The maximum absolute atomic E-state index is 6.16. The number of aryl methyl sites for hydroxylation is 2. The number of nitrogens with zero attached hydrogens (tertiary/aromatic N) is 1. The van der Waals surface area contributed by atoms with Crippen molar-refractivity contribution in [3.63, 3.8) is 0 Å². The lowest BCUT2D eigenvalue weighted by atomic mass is 9.91. The minimum Gasteiger partial charge on any atom is -0.325 e. The Labute approximate surface area is 111 Å². The second-order valence-electron chi connectivity index (χ2n) is 6.24. The summed E-state index contributed by atoms with van der Waals surface area (Å²) in [6.45, 7) is 10.00. The molecule has 1 heterocycles. The highest BCUT2D eigenvalue weighted by Gasteiger charge is 2.25. The number of rotatable bonds is 3. The van der Waals surface area contributed by atoms with E-state index in [-0.39, 0.29) is 5.54 Å². The van der Waals surface area contributed by atoms with Crippen molar-refractivity contribution in [3.05, 3.63) is 34.9 Å². The Kier molecular flexibility index (Phi) is 4.08. The van der Waals surface area contributed by atoms with Crippen molar-refractivity contribution >= 4 is 0 Å². The second kappa shape index (κ2) is 5.41. The Morgan fingerprint density at radius 2 is 1.67 bits per heavy atom. The van der Waals surface area contributed by atoms with Gasteiger partial charge in [-0.3, -0.25) is 0 Å². The predicted molar refractivity (Wildman–Crippen MR) is 77.9 cm³/mol. The van der Waals surface area contributed by atoms with Crippen molar-refractivity contribution in [1.29, 1.82) is 0 Å². The van der Waals surface area contributed by atoms with Crippen LogP contribution in [-0.2, 0) is 6.42 Å². The summed E-state index contributed by atoms with van der Waals surface area (Å²) in [4.78, 5) is 2.55. The van der Waals surface area contributed by atoms with Crippen molar-refractivity contribution in [1.82, 2.24) is 4.90 Å². The normalized spacial score (nSPS) is 20.0. The van der Waals surface area contributed by atoms with Gasteiger partial charge in [0.05, 0.1) is 0 Å². The number of piperidine rings is 1. The lowest BCUT2D eigenvalue weighted by Crippen LogP contribution is -2.48. The molecule has 0 saturated carbocycles. The third-order valence-electron chi connectivity index (χ3n) is 4.00. The first-order valence-electron chi connectivity index (χ1n) is 7.03. The van der Waals surface area contributed by atoms with E-state index < -0.39 is 0 Å². The van der Waals surface area contributed by atoms with E-state index in [1.165, 1.54) is 23.2 Å². The van der Waals surface area contributed by atoms with Crippen LogP contribution in [0.2, 0.25) is 0 Å². The molecule has 1 aromatic rings. The Bertz CT molecular complexity index is 379. The zero-order chi connectivity index (χ0) is 13.2. The van der Waals surface area contributed by atoms with Gasteiger partial charge >= 0.3 is 0 Å². The van der Waals surface area contributed by atoms with Crippen molar-refractivity contribution in [2.24, 2.45) is 5.73 Å². The Balaban J connectivity index is 1.85. The zero-order valence-corrected chi connectivity index (χ0v) is 12.0. The molecular weight excluding hydrogens is 220 g/mol. The Hall–Kier alpha value is -0.860. The summed E-state index contributed by atoms with van der Waals surface area (Å²) in [5, 5.41) is 0. The van der Waals surface area contributed by atoms with Crippen molar-refractivity contribution in [2.75, 3.05) is 19.6 Å². The second-order valence-corrected chi connectivity index (χ2v) is 6.24. The van der Waals surface area contributed by atoms with Crippen LogP contribution in [0.3, 0.4) is 0 Å². The van der Waals surface area contributed by atoms with Gasteiger partial charge in [0.2, 0.25) is 0 Å². The number of hydrogen-bond acceptors (Lipinski definition) is 2. The SMILES string of the molecule is Cc1cc(C)cc(CCN2CCC(C)(N)CC2)c1. The van der Waals surface area contributed by atoms with Crippen molar-refractivity contribution in [3.8, 4) is 0 Å². The molecule has 2 heteroatoms. The fourth-order valence-corrected chi connectivity index (χ4v) is 2.79. The Morgan fingerprint density at radius 1 is 1.11 bits per heavy atom. The van der Waals surface area contributed by atoms with Crippen LogP contribution in [0.25, 0.3) is 0 Å². The maximum Gasteiger partial charge on any atom is 0.0150 e. The van der Waals surface area contributed by atoms with Gasteiger partial charge in [-0.2, -0.15) is 0 Å². The monoisotopic (exact) mass is 246 g/mol. The van der Waals surface area contributed by atoms with Crippen LogP contribution in [0.15, 0.2) is 18.2 Å². The van der Waals surface area contributed by atoms with Crippen LogP contribution in [0, 0.1) is 13.8 Å². The molecular formula is C16H26N2. The molecule has 1 aromatic carbocycles. The first kappa shape index (κ1) is 13.6. The highest BCUT2D eigenvalue weighted by atomic mass is 15.1. The molecule has 1 saturated heterocycles. The van der Waals surface area contributed by atoms with E-state index in [1.807, 2.05) is 0 Å². The lowest BCUT2D eigenvalue weighted by Gasteiger charge is -2.36. The molecule has 1 aliphatic rings. The fraction of sp³-hybridized carbons (Fsp3) is 0.625. The molecule has 0 spiro atoms. The van der Waals surface area contributed by atoms with Crippen LogP contribution in [0.5, 0.6) is 0 Å². The predicted octanol–water partition coefficient (Wildman–Crippen LogP) is 2.66. The number of likely N-dealkylation sites (tertiary alicyclic amines) is 1. The van der Waals surface area contributed by atoms with Crippen LogP contribution in [0.1, 0.15) is 36.5 Å². The topological polar surface area (TPSA) is 29.3 Å². The molecule has 2 nitrogen and oxygen atoms in total. The van der Waals surface area contributed by atoms with Gasteiger partial charge in [-0.25, -0.2) is 0 Å². The average molecular weight is 246 g/mol. The summed E-state index contributed by atoms with van der Waals surface area (Å²) in [5.41, 5.74) is 10.4. The van der Waals surface area contributed by atoms with Gasteiger partial charge in [-0.05, 0) is 58.7 Å². The fourth-order valence-electron chi connectivity index (χ4n) is 2.79. The first-order valence-corrected chi connectivity index (χ1v) is 7.03. The summed E-state index contributed by atoms with van der Waals surface area (Å²) in [5.74, 6) is 0. The summed E-state index contributed by atoms with van der Waals surface area (Å²) in [7, 11) is 0. The zero-order valence-electron chi connectivity index (χ0n) is 12.0. The van der Waals surface area contributed by atoms with E-state index in [2.05, 4.69) is 43.9 Å². The van der Waals surface area contributed by atoms with Gasteiger partial charge in [0.15, 0.2) is 0 Å². The van der Waals surface area contributed by atoms with Crippen LogP contribution in [-0.4, -0.2) is 30.1 Å². The van der Waals surface area contributed by atoms with E-state index in [0.717, 1.165) is 32.4 Å². The van der Waals surface area contributed by atoms with Gasteiger partial charge in [-0.1, -0.05) is 29.3 Å². The van der Waals surface area contributed by atoms with E-state index in [4.69, 9.17) is 5.73 Å². The molecule has 2 rings (SSSR count). The standard InChI is InChI=1S/C16H26N2/c1-13-10-14(2)12-15(11-13)4-7-18-8-5-16(3,17)6-9-18/h10-12H,4-9,17H2,1-3H3. The molecule has 2 N–H and O–H groups in total. The minimum atomic E-state index is 0.0659. The van der Waals surface area contributed by atoms with Gasteiger partial charge in [0, 0.05) is 12.1 Å². The third-order valence-corrected chi connectivity index (χ3v) is 4.00.